The van der Waals surface area contributed by atoms with Gasteiger partial charge >= 0.3 is 5.97 Å². The summed E-state index contributed by atoms with van der Waals surface area (Å²) in [6, 6.07) is 9.88. The van der Waals surface area contributed by atoms with Gasteiger partial charge in [-0.3, -0.25) is 4.79 Å². The predicted octanol–water partition coefficient (Wildman–Crippen LogP) is 5.20. The first-order valence-corrected chi connectivity index (χ1v) is 13.0. The van der Waals surface area contributed by atoms with Crippen molar-refractivity contribution >= 4 is 40.0 Å². The Labute approximate surface area is 201 Å². The van der Waals surface area contributed by atoms with Gasteiger partial charge in [0, 0.05) is 17.0 Å². The van der Waals surface area contributed by atoms with E-state index in [1.165, 1.54) is 28.0 Å². The van der Waals surface area contributed by atoms with Crippen LogP contribution in [-0.4, -0.2) is 38.5 Å². The lowest BCUT2D eigenvalue weighted by Gasteiger charge is -2.14. The molecule has 2 aromatic heterocycles. The van der Waals surface area contributed by atoms with Gasteiger partial charge in [-0.25, -0.2) is 4.79 Å². The molecule has 0 aliphatic heterocycles. The van der Waals surface area contributed by atoms with Gasteiger partial charge in [0.05, 0.1) is 17.4 Å². The summed E-state index contributed by atoms with van der Waals surface area (Å²) >= 11 is 2.84. The second kappa shape index (κ2) is 10.5. The second-order valence-corrected chi connectivity index (χ2v) is 10.2. The summed E-state index contributed by atoms with van der Waals surface area (Å²) in [5, 5.41) is 12.9. The number of rotatable bonds is 8. The number of amides is 1. The number of hydrogen-bond donors (Lipinski definition) is 1. The van der Waals surface area contributed by atoms with Gasteiger partial charge in [0.25, 0.3) is 0 Å². The van der Waals surface area contributed by atoms with Crippen LogP contribution in [0.1, 0.15) is 54.4 Å². The van der Waals surface area contributed by atoms with Crippen molar-refractivity contribution in [3.8, 4) is 11.4 Å². The number of hydrogen-bond acceptors (Lipinski definition) is 7. The van der Waals surface area contributed by atoms with Crippen LogP contribution in [0, 0.1) is 0 Å². The standard InChI is InChI=1S/C24H28N4O3S2/c1-4-28-21(16-10-6-5-7-11-16)26-27-24(28)32-14-19(29)25-22-20(23(30)31-15(2)3)17-12-8-9-13-18(17)33-22/h5-7,10-11,15H,4,8-9,12-14H2,1-3H3,(H,25,29). The van der Waals surface area contributed by atoms with Gasteiger partial charge in [-0.05, 0) is 52.0 Å². The summed E-state index contributed by atoms with van der Waals surface area (Å²) in [5.41, 5.74) is 2.56. The van der Waals surface area contributed by atoms with Crippen molar-refractivity contribution in [3.05, 3.63) is 46.3 Å². The number of anilines is 1. The average molecular weight is 485 g/mol. The molecule has 0 bridgehead atoms. The highest BCUT2D eigenvalue weighted by molar-refractivity contribution is 7.99. The van der Waals surface area contributed by atoms with Crippen molar-refractivity contribution in [2.75, 3.05) is 11.1 Å². The van der Waals surface area contributed by atoms with E-state index in [1.807, 2.05) is 55.7 Å². The monoisotopic (exact) mass is 484 g/mol. The van der Waals surface area contributed by atoms with Crippen molar-refractivity contribution in [2.45, 2.75) is 64.3 Å². The van der Waals surface area contributed by atoms with Crippen LogP contribution in [0.15, 0.2) is 35.5 Å². The lowest BCUT2D eigenvalue weighted by molar-refractivity contribution is -0.113. The van der Waals surface area contributed by atoms with Crippen LogP contribution in [0.3, 0.4) is 0 Å². The minimum Gasteiger partial charge on any atom is -0.459 e. The Balaban J connectivity index is 1.48. The zero-order valence-electron chi connectivity index (χ0n) is 19.1. The molecular weight excluding hydrogens is 456 g/mol. The maximum atomic E-state index is 12.8. The molecule has 4 rings (SSSR count). The average Bonchev–Trinajstić information content (AvgIpc) is 3.38. The van der Waals surface area contributed by atoms with E-state index in [-0.39, 0.29) is 23.7 Å². The highest BCUT2D eigenvalue weighted by atomic mass is 32.2. The molecule has 1 aliphatic carbocycles. The molecule has 0 fully saturated rings. The third kappa shape index (κ3) is 5.30. The Morgan fingerprint density at radius 3 is 2.67 bits per heavy atom. The van der Waals surface area contributed by atoms with E-state index < -0.39 is 0 Å². The van der Waals surface area contributed by atoms with Gasteiger partial charge in [0.1, 0.15) is 5.00 Å². The molecule has 0 radical (unpaired) electrons. The van der Waals surface area contributed by atoms with Crippen LogP contribution >= 0.6 is 23.1 Å². The summed E-state index contributed by atoms with van der Waals surface area (Å²) in [7, 11) is 0. The summed E-state index contributed by atoms with van der Waals surface area (Å²) in [5.74, 6) is 0.425. The van der Waals surface area contributed by atoms with Crippen molar-refractivity contribution in [3.63, 3.8) is 0 Å². The first-order chi connectivity index (χ1) is 16.0. The first kappa shape index (κ1) is 23.5. The van der Waals surface area contributed by atoms with E-state index in [0.29, 0.717) is 22.3 Å². The van der Waals surface area contributed by atoms with Gasteiger partial charge in [0.15, 0.2) is 11.0 Å². The fourth-order valence-electron chi connectivity index (χ4n) is 3.92. The SMILES string of the molecule is CCn1c(SCC(=O)Nc2sc3c(c2C(=O)OC(C)C)CCCC3)nnc1-c1ccccc1. The third-order valence-electron chi connectivity index (χ3n) is 5.37. The van der Waals surface area contributed by atoms with Crippen LogP contribution in [0.4, 0.5) is 5.00 Å². The van der Waals surface area contributed by atoms with Crippen LogP contribution < -0.4 is 5.32 Å². The maximum absolute atomic E-state index is 12.8. The molecule has 1 amide bonds. The molecule has 1 aromatic carbocycles. The molecule has 0 saturated carbocycles. The number of thiophene rings is 1. The summed E-state index contributed by atoms with van der Waals surface area (Å²) in [6.07, 6.45) is 3.72. The van der Waals surface area contributed by atoms with Crippen molar-refractivity contribution < 1.29 is 14.3 Å². The molecule has 174 valence electrons. The molecule has 0 unspecified atom stereocenters. The van der Waals surface area contributed by atoms with Crippen LogP contribution in [0.5, 0.6) is 0 Å². The highest BCUT2D eigenvalue weighted by Gasteiger charge is 2.28. The Bertz CT molecular complexity index is 1140. The minimum atomic E-state index is -0.356. The largest absolute Gasteiger partial charge is 0.459 e. The number of aromatic nitrogens is 3. The van der Waals surface area contributed by atoms with Gasteiger partial charge < -0.3 is 14.6 Å². The Morgan fingerprint density at radius 2 is 1.94 bits per heavy atom. The van der Waals surface area contributed by atoms with E-state index in [9.17, 15) is 9.59 Å². The molecular formula is C24H28N4O3S2. The molecule has 0 atom stereocenters. The van der Waals surface area contributed by atoms with E-state index in [1.54, 1.807) is 0 Å². The lowest BCUT2D eigenvalue weighted by Crippen LogP contribution is -2.19. The predicted molar refractivity (Wildman–Crippen MR) is 132 cm³/mol. The molecule has 1 aliphatic rings. The number of nitrogens with one attached hydrogen (secondary N) is 1. The Hall–Kier alpha value is -2.65. The maximum Gasteiger partial charge on any atom is 0.341 e. The van der Waals surface area contributed by atoms with E-state index >= 15 is 0 Å². The van der Waals surface area contributed by atoms with Crippen LogP contribution in [-0.2, 0) is 28.9 Å². The van der Waals surface area contributed by atoms with E-state index in [0.717, 1.165) is 42.6 Å². The second-order valence-electron chi connectivity index (χ2n) is 8.12. The summed E-state index contributed by atoms with van der Waals surface area (Å²) < 4.78 is 7.48. The van der Waals surface area contributed by atoms with Gasteiger partial charge in [-0.15, -0.1) is 21.5 Å². The fraction of sp³-hybridized carbons (Fsp3) is 0.417. The summed E-state index contributed by atoms with van der Waals surface area (Å²) in [6.45, 7) is 6.39. The quantitative estimate of drug-likeness (QED) is 0.349. The van der Waals surface area contributed by atoms with Gasteiger partial charge in [0.2, 0.25) is 5.91 Å². The minimum absolute atomic E-state index is 0.175. The number of esters is 1. The van der Waals surface area contributed by atoms with E-state index in [2.05, 4.69) is 15.5 Å². The van der Waals surface area contributed by atoms with Gasteiger partial charge in [-0.2, -0.15) is 0 Å². The fourth-order valence-corrected chi connectivity index (χ4v) is 6.01. The molecule has 7 nitrogen and oxygen atoms in total. The molecule has 1 N–H and O–H groups in total. The molecule has 0 spiro atoms. The smallest absolute Gasteiger partial charge is 0.341 e. The number of carbonyl (C=O) groups is 2. The van der Waals surface area contributed by atoms with Gasteiger partial charge in [-0.1, -0.05) is 42.1 Å². The number of ether oxygens (including phenoxy) is 1. The first-order valence-electron chi connectivity index (χ1n) is 11.2. The topological polar surface area (TPSA) is 86.1 Å². The summed E-state index contributed by atoms with van der Waals surface area (Å²) in [4.78, 5) is 26.8. The number of thioether (sulfide) groups is 1. The van der Waals surface area contributed by atoms with Crippen LogP contribution in [0.25, 0.3) is 11.4 Å². The number of aryl methyl sites for hydroxylation is 1. The zero-order chi connectivity index (χ0) is 23.4. The Kier molecular flexibility index (Phi) is 7.49. The lowest BCUT2D eigenvalue weighted by atomic mass is 9.95. The third-order valence-corrected chi connectivity index (χ3v) is 7.54. The molecule has 9 heteroatoms. The number of benzene rings is 1. The Morgan fingerprint density at radius 1 is 1.18 bits per heavy atom. The molecule has 0 saturated heterocycles. The van der Waals surface area contributed by atoms with Crippen molar-refractivity contribution in [2.24, 2.45) is 0 Å². The molecule has 3 aromatic rings. The van der Waals surface area contributed by atoms with Crippen LogP contribution in [0.2, 0.25) is 0 Å². The number of nitrogens with zero attached hydrogens (tertiary/aromatic N) is 3. The number of carbonyl (C=O) groups excluding carboxylic acids is 2. The zero-order valence-corrected chi connectivity index (χ0v) is 20.7. The van der Waals surface area contributed by atoms with Crippen molar-refractivity contribution in [1.82, 2.24) is 14.8 Å². The molecule has 33 heavy (non-hydrogen) atoms. The highest BCUT2D eigenvalue weighted by Crippen LogP contribution is 2.39. The number of fused-ring (bicyclic) bond motifs is 1. The van der Waals surface area contributed by atoms with Crippen molar-refractivity contribution in [1.29, 1.82) is 0 Å². The molecule has 2 heterocycles. The van der Waals surface area contributed by atoms with E-state index in [4.69, 9.17) is 4.74 Å². The normalized spacial score (nSPS) is 13.1.